The number of nitrogens with one attached hydrogen (secondary N) is 2. The van der Waals surface area contributed by atoms with Gasteiger partial charge in [0.15, 0.2) is 15.3 Å². The van der Waals surface area contributed by atoms with Crippen molar-refractivity contribution < 1.29 is 26.7 Å². The molecule has 1 heterocycles. The molecule has 0 bridgehead atoms. The van der Waals surface area contributed by atoms with Gasteiger partial charge in [-0.1, -0.05) is 22.4 Å². The highest BCUT2D eigenvalue weighted by atomic mass is 32.3. The van der Waals surface area contributed by atoms with Crippen LogP contribution in [0.3, 0.4) is 0 Å². The molecule has 0 saturated heterocycles. The molecule has 1 unspecified atom stereocenters. The van der Waals surface area contributed by atoms with Gasteiger partial charge in [0.2, 0.25) is 0 Å². The normalized spacial score (nSPS) is 13.1. The number of alkyl halides is 3. The zero-order valence-corrected chi connectivity index (χ0v) is 17.7. The number of nitriles is 1. The molecular formula is C22H17F3N4O3S. The van der Waals surface area contributed by atoms with Gasteiger partial charge in [-0.2, -0.15) is 18.4 Å². The predicted octanol–water partition coefficient (Wildman–Crippen LogP) is 3.56. The van der Waals surface area contributed by atoms with Gasteiger partial charge in [-0.05, 0) is 36.4 Å². The van der Waals surface area contributed by atoms with Crippen molar-refractivity contribution in [1.82, 2.24) is 15.0 Å². The summed E-state index contributed by atoms with van der Waals surface area (Å²) >= 11 is 0. The minimum atomic E-state index is -4.67. The number of benzene rings is 2. The third kappa shape index (κ3) is 6.01. The second-order valence-electron chi connectivity index (χ2n) is 6.77. The Balaban J connectivity index is 1.61. The maximum Gasteiger partial charge on any atom is 0.416 e. The number of hydrogen-bond acceptors (Lipinski definition) is 5. The zero-order chi connectivity index (χ0) is 24.1. The molecule has 170 valence electrons. The Morgan fingerprint density at radius 1 is 1.09 bits per heavy atom. The maximum atomic E-state index is 12.8. The third-order valence-electron chi connectivity index (χ3n) is 4.50. The summed E-state index contributed by atoms with van der Waals surface area (Å²) in [6.07, 6.45) is -3.14. The summed E-state index contributed by atoms with van der Waals surface area (Å²) in [5.74, 6) is -0.496. The number of pyridine rings is 1. The van der Waals surface area contributed by atoms with Crippen molar-refractivity contribution in [3.8, 4) is 17.3 Å². The number of nitrogens with zero attached hydrogens (tertiary/aromatic N) is 2. The van der Waals surface area contributed by atoms with Crippen molar-refractivity contribution in [2.75, 3.05) is 13.1 Å². The first kappa shape index (κ1) is 24.1. The van der Waals surface area contributed by atoms with E-state index >= 15 is 0 Å². The smallest absolute Gasteiger partial charge is 0.416 e. The monoisotopic (exact) mass is 474 g/mol. The molecule has 33 heavy (non-hydrogen) atoms. The van der Waals surface area contributed by atoms with Crippen LogP contribution in [0.2, 0.25) is 0 Å². The molecule has 0 saturated carbocycles. The van der Waals surface area contributed by atoms with E-state index in [0.29, 0.717) is 22.9 Å². The average molecular weight is 474 g/mol. The predicted molar refractivity (Wildman–Crippen MR) is 113 cm³/mol. The molecule has 1 amide bonds. The SMILES string of the molecule is N#Cc1cccnc1-c1cccc(C(=O)NCCN[S+](=O)([O-])c2cccc(C(F)(F)F)c2)c1. The third-order valence-corrected chi connectivity index (χ3v) is 5.96. The molecule has 2 aromatic carbocycles. The van der Waals surface area contributed by atoms with E-state index < -0.39 is 32.9 Å². The van der Waals surface area contributed by atoms with Crippen LogP contribution in [0, 0.1) is 11.3 Å². The molecule has 3 rings (SSSR count). The fourth-order valence-electron chi connectivity index (χ4n) is 2.92. The van der Waals surface area contributed by atoms with Gasteiger partial charge in [0.05, 0.1) is 23.4 Å². The van der Waals surface area contributed by atoms with Gasteiger partial charge in [0.1, 0.15) is 6.07 Å². The molecule has 0 spiro atoms. The van der Waals surface area contributed by atoms with Crippen LogP contribution in [0.1, 0.15) is 21.5 Å². The highest BCUT2D eigenvalue weighted by molar-refractivity contribution is 7.95. The van der Waals surface area contributed by atoms with Crippen LogP contribution in [0.4, 0.5) is 13.2 Å². The molecule has 1 atom stereocenters. The summed E-state index contributed by atoms with van der Waals surface area (Å²) in [6.45, 7) is -0.336. The maximum absolute atomic E-state index is 12.8. The highest BCUT2D eigenvalue weighted by Gasteiger charge is 2.32. The van der Waals surface area contributed by atoms with E-state index in [4.69, 9.17) is 0 Å². The first-order valence-corrected chi connectivity index (χ1v) is 11.0. The van der Waals surface area contributed by atoms with Gasteiger partial charge in [-0.3, -0.25) is 9.78 Å². The van der Waals surface area contributed by atoms with Gasteiger partial charge in [-0.15, -0.1) is 4.72 Å². The number of carbonyl (C=O) groups is 1. The van der Waals surface area contributed by atoms with Crippen LogP contribution in [0.15, 0.2) is 71.8 Å². The Labute approximate surface area is 188 Å². The number of carbonyl (C=O) groups excluding carboxylic acids is 1. The van der Waals surface area contributed by atoms with Gasteiger partial charge < -0.3 is 9.87 Å². The van der Waals surface area contributed by atoms with Crippen LogP contribution in [-0.2, 0) is 20.8 Å². The lowest BCUT2D eigenvalue weighted by molar-refractivity contribution is -0.137. The van der Waals surface area contributed by atoms with E-state index in [1.807, 2.05) is 6.07 Å². The van der Waals surface area contributed by atoms with E-state index in [-0.39, 0.29) is 18.7 Å². The Hall–Kier alpha value is -3.59. The Kier molecular flexibility index (Phi) is 7.23. The molecule has 0 fully saturated rings. The minimum Gasteiger partial charge on any atom is -0.593 e. The van der Waals surface area contributed by atoms with Crippen molar-refractivity contribution in [2.24, 2.45) is 0 Å². The van der Waals surface area contributed by atoms with Gasteiger partial charge in [0.25, 0.3) is 5.91 Å². The molecular weight excluding hydrogens is 457 g/mol. The van der Waals surface area contributed by atoms with Crippen LogP contribution in [0.5, 0.6) is 0 Å². The number of halogens is 3. The lowest BCUT2D eigenvalue weighted by Crippen LogP contribution is -2.37. The van der Waals surface area contributed by atoms with E-state index in [0.717, 1.165) is 18.2 Å². The number of amides is 1. The zero-order valence-electron chi connectivity index (χ0n) is 16.9. The standard InChI is InChI=1S/C22H17F3N4O3S/c23-22(24,25)18-7-2-8-19(13-18)33(31,32)29-11-10-28-21(30)16-5-1-4-15(12-16)20-17(14-26)6-3-9-27-20/h1-9,12-13H,10-11H2,(H2-,28,29,30,31,32). The van der Waals surface area contributed by atoms with Gasteiger partial charge in [-0.25, -0.2) is 0 Å². The largest absolute Gasteiger partial charge is 0.593 e. The topological polar surface area (TPSA) is 118 Å². The summed E-state index contributed by atoms with van der Waals surface area (Å²) in [5, 5.41) is 11.8. The van der Waals surface area contributed by atoms with Crippen molar-refractivity contribution in [3.63, 3.8) is 0 Å². The molecule has 7 nitrogen and oxygen atoms in total. The molecule has 0 aliphatic carbocycles. The van der Waals surface area contributed by atoms with Crippen LogP contribution in [-0.4, -0.2) is 28.5 Å². The molecule has 0 radical (unpaired) electrons. The van der Waals surface area contributed by atoms with Crippen molar-refractivity contribution in [3.05, 3.63) is 83.6 Å². The summed E-state index contributed by atoms with van der Waals surface area (Å²) in [7, 11) is -4.20. The number of aromatic nitrogens is 1. The first-order chi connectivity index (χ1) is 15.6. The Morgan fingerprint density at radius 2 is 1.85 bits per heavy atom. The summed E-state index contributed by atoms with van der Waals surface area (Å²) < 4.78 is 65.1. The second kappa shape index (κ2) is 9.91. The van der Waals surface area contributed by atoms with E-state index in [1.165, 1.54) is 6.20 Å². The first-order valence-electron chi connectivity index (χ1n) is 9.52. The minimum absolute atomic E-state index is 0.103. The Morgan fingerprint density at radius 3 is 2.58 bits per heavy atom. The molecule has 3 aromatic rings. The number of hydrogen-bond donors (Lipinski definition) is 2. The number of rotatable bonds is 7. The summed E-state index contributed by atoms with van der Waals surface area (Å²) in [5.41, 5.74) is 0.515. The van der Waals surface area contributed by atoms with Gasteiger partial charge in [0, 0.05) is 29.9 Å². The highest BCUT2D eigenvalue weighted by Crippen LogP contribution is 2.31. The lowest BCUT2D eigenvalue weighted by atomic mass is 10.0. The second-order valence-corrected chi connectivity index (χ2v) is 8.54. The molecule has 2 N–H and O–H groups in total. The van der Waals surface area contributed by atoms with E-state index in [9.17, 15) is 32.0 Å². The van der Waals surface area contributed by atoms with Crippen LogP contribution >= 0.6 is 0 Å². The summed E-state index contributed by atoms with van der Waals surface area (Å²) in [4.78, 5) is 16.1. The van der Waals surface area contributed by atoms with E-state index in [1.54, 1.807) is 36.4 Å². The van der Waals surface area contributed by atoms with Crippen LogP contribution in [0.25, 0.3) is 11.3 Å². The molecule has 1 aromatic heterocycles. The number of sulfonamides is 1. The summed E-state index contributed by atoms with van der Waals surface area (Å²) in [6, 6.07) is 15.0. The van der Waals surface area contributed by atoms with E-state index in [2.05, 4.69) is 15.0 Å². The van der Waals surface area contributed by atoms with Crippen LogP contribution < -0.4 is 10.0 Å². The molecule has 0 aliphatic rings. The van der Waals surface area contributed by atoms with Crippen molar-refractivity contribution in [1.29, 1.82) is 5.26 Å². The van der Waals surface area contributed by atoms with Crippen molar-refractivity contribution in [2.45, 2.75) is 11.1 Å². The van der Waals surface area contributed by atoms with Crippen molar-refractivity contribution >= 4 is 16.3 Å². The fourth-order valence-corrected chi connectivity index (χ4v) is 4.00. The molecule has 0 aliphatic heterocycles. The lowest BCUT2D eigenvalue weighted by Gasteiger charge is -2.16. The molecule has 11 heteroatoms. The quantitative estimate of drug-likeness (QED) is 0.401. The average Bonchev–Trinajstić information content (AvgIpc) is 2.81. The van der Waals surface area contributed by atoms with Gasteiger partial charge >= 0.3 is 6.18 Å². The fraction of sp³-hybridized carbons (Fsp3) is 0.136. The Bertz CT molecular complexity index is 1260.